The summed E-state index contributed by atoms with van der Waals surface area (Å²) in [4.78, 5) is 10.7. The molecule has 0 rings (SSSR count). The van der Waals surface area contributed by atoms with Crippen molar-refractivity contribution in [2.45, 2.75) is 5.85 Å². The van der Waals surface area contributed by atoms with Gasteiger partial charge in [0.2, 0.25) is 13.9 Å². The molecule has 0 saturated heterocycles. The second-order valence-electron chi connectivity index (χ2n) is 1.66. The lowest BCUT2D eigenvalue weighted by Gasteiger charge is -2.10. The second-order valence-corrected chi connectivity index (χ2v) is 3.23. The minimum Gasteiger partial charge on any atom is -0.467 e. The highest BCUT2D eigenvalue weighted by atomic mass is 31.1. The number of hydrogen-bond acceptors (Lipinski definition) is 5. The lowest BCUT2D eigenvalue weighted by Crippen LogP contribution is -2.20. The Kier molecular flexibility index (Phi) is 5.11. The van der Waals surface area contributed by atoms with Crippen LogP contribution >= 0.6 is 8.03 Å². The Balaban J connectivity index is 4.15. The number of rotatable bonds is 4. The first-order valence-corrected chi connectivity index (χ1v) is 4.25. The SMILES string of the molecule is COC(=O)C(OC)[PH](=O)OC. The Bertz CT molecular complexity index is 141. The zero-order valence-corrected chi connectivity index (χ0v) is 7.62. The van der Waals surface area contributed by atoms with E-state index in [2.05, 4.69) is 14.0 Å². The van der Waals surface area contributed by atoms with Crippen molar-refractivity contribution in [3.63, 3.8) is 0 Å². The Hall–Kier alpha value is -0.380. The summed E-state index contributed by atoms with van der Waals surface area (Å²) in [6.45, 7) is 0. The molecule has 66 valence electrons. The second kappa shape index (κ2) is 5.29. The summed E-state index contributed by atoms with van der Waals surface area (Å²) in [5.74, 6) is -1.77. The predicted molar refractivity (Wildman–Crippen MR) is 38.8 cm³/mol. The smallest absolute Gasteiger partial charge is 0.344 e. The van der Waals surface area contributed by atoms with Gasteiger partial charge < -0.3 is 14.0 Å². The van der Waals surface area contributed by atoms with Gasteiger partial charge in [0, 0.05) is 14.2 Å². The van der Waals surface area contributed by atoms with E-state index in [9.17, 15) is 9.36 Å². The van der Waals surface area contributed by atoms with Crippen molar-refractivity contribution >= 4 is 14.0 Å². The van der Waals surface area contributed by atoms with Crippen LogP contribution in [0.1, 0.15) is 0 Å². The molecule has 0 fully saturated rings. The molecule has 0 aliphatic rings. The van der Waals surface area contributed by atoms with Crippen molar-refractivity contribution < 1.29 is 23.4 Å². The quantitative estimate of drug-likeness (QED) is 0.460. The van der Waals surface area contributed by atoms with E-state index in [0.29, 0.717) is 0 Å². The van der Waals surface area contributed by atoms with E-state index < -0.39 is 19.8 Å². The van der Waals surface area contributed by atoms with Crippen LogP contribution in [0.15, 0.2) is 0 Å². The lowest BCUT2D eigenvalue weighted by atomic mass is 10.7. The van der Waals surface area contributed by atoms with Crippen molar-refractivity contribution in [1.82, 2.24) is 0 Å². The van der Waals surface area contributed by atoms with Crippen molar-refractivity contribution in [3.8, 4) is 0 Å². The van der Waals surface area contributed by atoms with Crippen LogP contribution in [-0.2, 0) is 23.4 Å². The Morgan fingerprint density at radius 1 is 1.36 bits per heavy atom. The van der Waals surface area contributed by atoms with Gasteiger partial charge in [-0.25, -0.2) is 4.79 Å². The Morgan fingerprint density at radius 2 is 1.91 bits per heavy atom. The van der Waals surface area contributed by atoms with Crippen LogP contribution in [0.5, 0.6) is 0 Å². The standard InChI is InChI=1S/C5H11O5P/c1-8-4(6)5(9-2)11(7)10-3/h5,11H,1-3H3. The normalized spacial score (nSPS) is 15.5. The van der Waals surface area contributed by atoms with Gasteiger partial charge in [-0.2, -0.15) is 0 Å². The highest BCUT2D eigenvalue weighted by Gasteiger charge is 2.24. The highest BCUT2D eigenvalue weighted by Crippen LogP contribution is 2.29. The molecule has 0 aromatic heterocycles. The van der Waals surface area contributed by atoms with Gasteiger partial charge in [-0.3, -0.25) is 4.57 Å². The Labute approximate surface area is 65.5 Å². The zero-order chi connectivity index (χ0) is 8.85. The molecule has 0 amide bonds. The summed E-state index contributed by atoms with van der Waals surface area (Å²) in [7, 11) is 1.23. The number of carbonyl (C=O) groups is 1. The first-order valence-electron chi connectivity index (χ1n) is 2.85. The molecule has 2 unspecified atom stereocenters. The minimum atomic E-state index is -2.48. The molecule has 2 atom stereocenters. The molecule has 11 heavy (non-hydrogen) atoms. The van der Waals surface area contributed by atoms with Crippen LogP contribution in [0.25, 0.3) is 0 Å². The molecule has 0 saturated carbocycles. The maximum Gasteiger partial charge on any atom is 0.344 e. The van der Waals surface area contributed by atoms with Crippen molar-refractivity contribution in [3.05, 3.63) is 0 Å². The van der Waals surface area contributed by atoms with Crippen LogP contribution in [-0.4, -0.2) is 33.1 Å². The largest absolute Gasteiger partial charge is 0.467 e. The first kappa shape index (κ1) is 10.6. The molecule has 0 bridgehead atoms. The summed E-state index contributed by atoms with van der Waals surface area (Å²) in [6, 6.07) is 0. The van der Waals surface area contributed by atoms with E-state index in [4.69, 9.17) is 0 Å². The van der Waals surface area contributed by atoms with Crippen LogP contribution in [0, 0.1) is 0 Å². The lowest BCUT2D eigenvalue weighted by molar-refractivity contribution is -0.147. The van der Waals surface area contributed by atoms with Crippen LogP contribution in [0.4, 0.5) is 0 Å². The summed E-state index contributed by atoms with van der Waals surface area (Å²) in [5, 5.41) is 0. The average molecular weight is 182 g/mol. The zero-order valence-electron chi connectivity index (χ0n) is 6.62. The van der Waals surface area contributed by atoms with Gasteiger partial charge in [0.15, 0.2) is 0 Å². The fraction of sp³-hybridized carbons (Fsp3) is 0.800. The monoisotopic (exact) mass is 182 g/mol. The van der Waals surface area contributed by atoms with E-state index in [1.807, 2.05) is 0 Å². The summed E-state index contributed by atoms with van der Waals surface area (Å²) < 4.78 is 24.2. The average Bonchev–Trinajstić information content (AvgIpc) is 2.05. The van der Waals surface area contributed by atoms with Crippen molar-refractivity contribution in [1.29, 1.82) is 0 Å². The van der Waals surface area contributed by atoms with Gasteiger partial charge >= 0.3 is 5.97 Å². The van der Waals surface area contributed by atoms with E-state index in [1.54, 1.807) is 0 Å². The topological polar surface area (TPSA) is 61.8 Å². The van der Waals surface area contributed by atoms with Gasteiger partial charge in [0.1, 0.15) is 0 Å². The molecular formula is C5H11O5P. The van der Waals surface area contributed by atoms with E-state index in [0.717, 1.165) is 0 Å². The fourth-order valence-corrected chi connectivity index (χ4v) is 1.22. The molecule has 0 radical (unpaired) electrons. The van der Waals surface area contributed by atoms with Gasteiger partial charge in [0.25, 0.3) is 0 Å². The molecule has 0 heterocycles. The number of esters is 1. The fourth-order valence-electron chi connectivity index (χ4n) is 0.503. The number of carbonyl (C=O) groups excluding carboxylic acids is 1. The van der Waals surface area contributed by atoms with Gasteiger partial charge in [-0.15, -0.1) is 0 Å². The summed E-state index contributed by atoms with van der Waals surface area (Å²) in [5.41, 5.74) is 0. The maximum absolute atomic E-state index is 10.9. The maximum atomic E-state index is 10.9. The predicted octanol–water partition coefficient (Wildman–Crippen LogP) is 0.253. The molecule has 6 heteroatoms. The highest BCUT2D eigenvalue weighted by molar-refractivity contribution is 7.41. The van der Waals surface area contributed by atoms with E-state index in [-0.39, 0.29) is 0 Å². The molecule has 0 aliphatic carbocycles. The van der Waals surface area contributed by atoms with Crippen LogP contribution in [0.3, 0.4) is 0 Å². The third kappa shape index (κ3) is 3.01. The number of methoxy groups -OCH3 is 2. The van der Waals surface area contributed by atoms with Gasteiger partial charge in [-0.1, -0.05) is 0 Å². The molecular weight excluding hydrogens is 171 g/mol. The minimum absolute atomic E-state index is 0.682. The number of hydrogen-bond donors (Lipinski definition) is 0. The third-order valence-corrected chi connectivity index (χ3v) is 2.37. The molecule has 5 nitrogen and oxygen atoms in total. The van der Waals surface area contributed by atoms with Crippen LogP contribution in [0.2, 0.25) is 0 Å². The molecule has 0 aromatic carbocycles. The summed E-state index contributed by atoms with van der Waals surface area (Å²) >= 11 is 0. The summed E-state index contributed by atoms with van der Waals surface area (Å²) in [6.07, 6.45) is 0. The van der Waals surface area contributed by atoms with Crippen molar-refractivity contribution in [2.75, 3.05) is 21.3 Å². The van der Waals surface area contributed by atoms with E-state index in [1.165, 1.54) is 21.3 Å². The molecule has 0 aliphatic heterocycles. The third-order valence-electron chi connectivity index (χ3n) is 1.07. The Morgan fingerprint density at radius 3 is 2.18 bits per heavy atom. The van der Waals surface area contributed by atoms with Gasteiger partial charge in [-0.05, 0) is 0 Å². The first-order chi connectivity index (χ1) is 5.17. The molecule has 0 spiro atoms. The number of ether oxygens (including phenoxy) is 2. The molecule has 0 N–H and O–H groups in total. The van der Waals surface area contributed by atoms with E-state index >= 15 is 0 Å². The van der Waals surface area contributed by atoms with Crippen LogP contribution < -0.4 is 0 Å². The molecule has 0 aromatic rings. The van der Waals surface area contributed by atoms with Gasteiger partial charge in [0.05, 0.1) is 7.11 Å². The van der Waals surface area contributed by atoms with Crippen molar-refractivity contribution in [2.24, 2.45) is 0 Å².